The first-order valence-electron chi connectivity index (χ1n) is 11.4. The molecule has 0 aromatic heterocycles. The predicted octanol–water partition coefficient (Wildman–Crippen LogP) is 8.45. The first kappa shape index (κ1) is 21.1. The van der Waals surface area contributed by atoms with Crippen LogP contribution in [0, 0.1) is 6.92 Å². The Labute approximate surface area is 187 Å². The minimum atomic E-state index is 0.323. The molecule has 0 saturated carbocycles. The van der Waals surface area contributed by atoms with Crippen LogP contribution in [0.25, 0.3) is 0 Å². The van der Waals surface area contributed by atoms with Crippen LogP contribution in [-0.2, 0) is 0 Å². The number of rotatable bonds is 6. The van der Waals surface area contributed by atoms with Gasteiger partial charge in [0.15, 0.2) is 0 Å². The molecule has 0 fully saturated rings. The topological polar surface area (TPSA) is 0 Å². The first-order valence-corrected chi connectivity index (χ1v) is 11.4. The molecule has 3 unspecified atom stereocenters. The summed E-state index contributed by atoms with van der Waals surface area (Å²) < 4.78 is 0. The molecule has 3 atom stereocenters. The summed E-state index contributed by atoms with van der Waals surface area (Å²) in [6.45, 7) is 9.30. The number of hydrogen-bond acceptors (Lipinski definition) is 0. The van der Waals surface area contributed by atoms with Crippen LogP contribution in [0.5, 0.6) is 0 Å². The van der Waals surface area contributed by atoms with Gasteiger partial charge in [0.25, 0.3) is 0 Å². The van der Waals surface area contributed by atoms with Crippen LogP contribution >= 0.6 is 0 Å². The molecule has 156 valence electrons. The van der Waals surface area contributed by atoms with Crippen molar-refractivity contribution in [2.75, 3.05) is 0 Å². The zero-order valence-corrected chi connectivity index (χ0v) is 19.0. The van der Waals surface area contributed by atoms with Crippen LogP contribution in [0.15, 0.2) is 103 Å². The molecule has 0 aliphatic rings. The van der Waals surface area contributed by atoms with Gasteiger partial charge in [0.05, 0.1) is 0 Å². The molecule has 0 saturated heterocycles. The van der Waals surface area contributed by atoms with Crippen molar-refractivity contribution < 1.29 is 0 Å². The maximum Gasteiger partial charge on any atom is 0.00669 e. The molecule has 0 amide bonds. The van der Waals surface area contributed by atoms with Gasteiger partial charge in [-0.1, -0.05) is 129 Å². The summed E-state index contributed by atoms with van der Waals surface area (Å²) in [5, 5.41) is 0. The van der Waals surface area contributed by atoms with Gasteiger partial charge >= 0.3 is 0 Å². The SMILES string of the molecule is Cc1cc(C(C)c2ccccc2)c(C(C)c2ccccc2)c(C(C)c2ccccc2)c1. The third kappa shape index (κ3) is 4.49. The van der Waals surface area contributed by atoms with E-state index in [-0.39, 0.29) is 0 Å². The second-order valence-corrected chi connectivity index (χ2v) is 8.75. The van der Waals surface area contributed by atoms with Crippen LogP contribution in [0.3, 0.4) is 0 Å². The van der Waals surface area contributed by atoms with Crippen LogP contribution in [-0.4, -0.2) is 0 Å². The lowest BCUT2D eigenvalue weighted by atomic mass is 9.76. The van der Waals surface area contributed by atoms with Crippen LogP contribution in [0.2, 0.25) is 0 Å². The quantitative estimate of drug-likeness (QED) is 0.302. The third-order valence-corrected chi connectivity index (χ3v) is 6.65. The van der Waals surface area contributed by atoms with Gasteiger partial charge in [-0.2, -0.15) is 0 Å². The summed E-state index contributed by atoms with van der Waals surface area (Å²) in [6, 6.07) is 37.6. The summed E-state index contributed by atoms with van der Waals surface area (Å²) in [7, 11) is 0. The number of hydrogen-bond donors (Lipinski definition) is 0. The molecule has 0 radical (unpaired) electrons. The second-order valence-electron chi connectivity index (χ2n) is 8.75. The zero-order chi connectivity index (χ0) is 21.8. The second kappa shape index (κ2) is 9.35. The molecule has 4 rings (SSSR count). The molecule has 0 aliphatic carbocycles. The van der Waals surface area contributed by atoms with Crippen molar-refractivity contribution >= 4 is 0 Å². The van der Waals surface area contributed by atoms with Crippen molar-refractivity contribution in [2.24, 2.45) is 0 Å². The lowest BCUT2D eigenvalue weighted by Crippen LogP contribution is -2.12. The average molecular weight is 405 g/mol. The van der Waals surface area contributed by atoms with Crippen molar-refractivity contribution in [3.8, 4) is 0 Å². The number of aryl methyl sites for hydroxylation is 1. The first-order chi connectivity index (χ1) is 15.1. The van der Waals surface area contributed by atoms with Gasteiger partial charge in [-0.05, 0) is 40.3 Å². The summed E-state index contributed by atoms with van der Waals surface area (Å²) in [5.74, 6) is 0.997. The molecule has 0 heterocycles. The Morgan fingerprint density at radius 2 is 0.774 bits per heavy atom. The molecule has 31 heavy (non-hydrogen) atoms. The molecule has 0 N–H and O–H groups in total. The van der Waals surface area contributed by atoms with Gasteiger partial charge in [-0.15, -0.1) is 0 Å². The minimum absolute atomic E-state index is 0.323. The Morgan fingerprint density at radius 3 is 1.13 bits per heavy atom. The molecule has 0 nitrogen and oxygen atoms in total. The summed E-state index contributed by atoms with van der Waals surface area (Å²) in [5.41, 5.74) is 9.81. The third-order valence-electron chi connectivity index (χ3n) is 6.65. The molecule has 0 heteroatoms. The van der Waals surface area contributed by atoms with E-state index in [0.29, 0.717) is 17.8 Å². The Kier molecular flexibility index (Phi) is 6.37. The van der Waals surface area contributed by atoms with Crippen LogP contribution in [0.4, 0.5) is 0 Å². The Morgan fingerprint density at radius 1 is 0.452 bits per heavy atom. The van der Waals surface area contributed by atoms with Gasteiger partial charge in [0.2, 0.25) is 0 Å². The highest BCUT2D eigenvalue weighted by Gasteiger charge is 2.24. The normalized spacial score (nSPS) is 14.1. The monoisotopic (exact) mass is 404 g/mol. The lowest BCUT2D eigenvalue weighted by molar-refractivity contribution is 0.796. The van der Waals surface area contributed by atoms with Crippen LogP contribution in [0.1, 0.15) is 77.5 Å². The molecule has 0 aliphatic heterocycles. The van der Waals surface area contributed by atoms with E-state index in [1.165, 1.54) is 38.9 Å². The Bertz CT molecular complexity index is 1040. The largest absolute Gasteiger partial charge is 0.0622 e. The molecule has 4 aromatic rings. The van der Waals surface area contributed by atoms with E-state index < -0.39 is 0 Å². The molecule has 4 aromatic carbocycles. The van der Waals surface area contributed by atoms with Crippen molar-refractivity contribution in [3.05, 3.63) is 142 Å². The average Bonchev–Trinajstić information content (AvgIpc) is 2.83. The highest BCUT2D eigenvalue weighted by Crippen LogP contribution is 2.41. The van der Waals surface area contributed by atoms with E-state index in [4.69, 9.17) is 0 Å². The van der Waals surface area contributed by atoms with E-state index in [2.05, 4.69) is 131 Å². The van der Waals surface area contributed by atoms with E-state index >= 15 is 0 Å². The highest BCUT2D eigenvalue weighted by atomic mass is 14.3. The van der Waals surface area contributed by atoms with E-state index in [0.717, 1.165) is 0 Å². The Hall–Kier alpha value is -3.12. The molecular weight excluding hydrogens is 372 g/mol. The van der Waals surface area contributed by atoms with E-state index in [1.807, 2.05) is 0 Å². The van der Waals surface area contributed by atoms with Crippen molar-refractivity contribution in [1.82, 2.24) is 0 Å². The molecule has 0 spiro atoms. The summed E-state index contributed by atoms with van der Waals surface area (Å²) in [4.78, 5) is 0. The fourth-order valence-electron chi connectivity index (χ4n) is 4.82. The summed E-state index contributed by atoms with van der Waals surface area (Å²) >= 11 is 0. The van der Waals surface area contributed by atoms with Gasteiger partial charge < -0.3 is 0 Å². The standard InChI is InChI=1S/C31H32/c1-22-20-29(23(2)26-14-8-5-9-15-26)31(25(4)28-18-12-7-13-19-28)30(21-22)24(3)27-16-10-6-11-17-27/h5-21,23-25H,1-4H3. The van der Waals surface area contributed by atoms with Gasteiger partial charge in [0, 0.05) is 17.8 Å². The van der Waals surface area contributed by atoms with Gasteiger partial charge in [-0.25, -0.2) is 0 Å². The number of benzene rings is 4. The summed E-state index contributed by atoms with van der Waals surface area (Å²) in [6.07, 6.45) is 0. The van der Waals surface area contributed by atoms with Crippen molar-refractivity contribution in [1.29, 1.82) is 0 Å². The van der Waals surface area contributed by atoms with Crippen molar-refractivity contribution in [3.63, 3.8) is 0 Å². The Balaban J connectivity index is 1.93. The van der Waals surface area contributed by atoms with Gasteiger partial charge in [-0.3, -0.25) is 0 Å². The van der Waals surface area contributed by atoms with Crippen LogP contribution < -0.4 is 0 Å². The highest BCUT2D eigenvalue weighted by molar-refractivity contribution is 5.52. The zero-order valence-electron chi connectivity index (χ0n) is 19.0. The van der Waals surface area contributed by atoms with Gasteiger partial charge in [0.1, 0.15) is 0 Å². The molecule has 0 bridgehead atoms. The fraction of sp³-hybridized carbons (Fsp3) is 0.226. The van der Waals surface area contributed by atoms with Crippen molar-refractivity contribution in [2.45, 2.75) is 45.4 Å². The smallest absolute Gasteiger partial charge is 0.00669 e. The minimum Gasteiger partial charge on any atom is -0.0622 e. The predicted molar refractivity (Wildman–Crippen MR) is 133 cm³/mol. The maximum absolute atomic E-state index is 2.41. The fourth-order valence-corrected chi connectivity index (χ4v) is 4.82. The molecular formula is C31H32. The van der Waals surface area contributed by atoms with E-state index in [9.17, 15) is 0 Å². The lowest BCUT2D eigenvalue weighted by Gasteiger charge is -2.28. The van der Waals surface area contributed by atoms with E-state index in [1.54, 1.807) is 0 Å². The maximum atomic E-state index is 2.41.